The van der Waals surface area contributed by atoms with Crippen molar-refractivity contribution in [2.24, 2.45) is 0 Å². The molecule has 0 bridgehead atoms. The van der Waals surface area contributed by atoms with E-state index in [0.717, 1.165) is 18.9 Å². The number of hydrogen-bond donors (Lipinski definition) is 1. The van der Waals surface area contributed by atoms with Crippen molar-refractivity contribution in [3.05, 3.63) is 54.7 Å². The van der Waals surface area contributed by atoms with Gasteiger partial charge in [0.25, 0.3) is 5.91 Å². The number of methoxy groups -OCH3 is 1. The molecule has 1 aromatic carbocycles. The molecule has 1 aliphatic heterocycles. The Bertz CT molecular complexity index is 768. The first-order chi connectivity index (χ1) is 12.7. The highest BCUT2D eigenvalue weighted by atomic mass is 16.5. The monoisotopic (exact) mass is 353 g/mol. The maximum atomic E-state index is 12.5. The van der Waals surface area contributed by atoms with Gasteiger partial charge in [0.15, 0.2) is 11.5 Å². The molecule has 0 unspecified atom stereocenters. The summed E-state index contributed by atoms with van der Waals surface area (Å²) in [6.07, 6.45) is 5.74. The van der Waals surface area contributed by atoms with E-state index in [1.165, 1.54) is 12.8 Å². The lowest BCUT2D eigenvalue weighted by molar-refractivity contribution is 0.102. The van der Waals surface area contributed by atoms with Crippen LogP contribution in [0, 0.1) is 0 Å². The first-order valence-electron chi connectivity index (χ1n) is 8.65. The molecular formula is C20H23N3O3. The van der Waals surface area contributed by atoms with Gasteiger partial charge in [-0.1, -0.05) is 12.7 Å². The summed E-state index contributed by atoms with van der Waals surface area (Å²) in [7, 11) is 1.54. The highest BCUT2D eigenvalue weighted by molar-refractivity contribution is 6.04. The first kappa shape index (κ1) is 17.8. The molecule has 6 heteroatoms. The maximum absolute atomic E-state index is 12.5. The number of nitrogens with zero attached hydrogens (tertiary/aromatic N) is 2. The van der Waals surface area contributed by atoms with Gasteiger partial charge >= 0.3 is 0 Å². The zero-order chi connectivity index (χ0) is 18.4. The van der Waals surface area contributed by atoms with Crippen LogP contribution in [0.15, 0.2) is 49.2 Å². The van der Waals surface area contributed by atoms with E-state index in [2.05, 4.69) is 21.8 Å². The zero-order valence-electron chi connectivity index (χ0n) is 14.9. The molecule has 0 spiro atoms. The Kier molecular flexibility index (Phi) is 5.73. The third-order valence-electron chi connectivity index (χ3n) is 4.22. The van der Waals surface area contributed by atoms with Gasteiger partial charge in [-0.15, -0.1) is 0 Å². The van der Waals surface area contributed by atoms with Gasteiger partial charge in [-0.25, -0.2) is 4.98 Å². The predicted octanol–water partition coefficient (Wildman–Crippen LogP) is 3.51. The zero-order valence-corrected chi connectivity index (χ0v) is 14.9. The molecule has 1 aromatic heterocycles. The van der Waals surface area contributed by atoms with Crippen molar-refractivity contribution in [1.82, 2.24) is 4.98 Å². The Balaban J connectivity index is 1.68. The fourth-order valence-corrected chi connectivity index (χ4v) is 2.87. The lowest BCUT2D eigenvalue weighted by Crippen LogP contribution is -2.19. The number of benzene rings is 1. The van der Waals surface area contributed by atoms with Crippen LogP contribution in [0.5, 0.6) is 11.5 Å². The molecule has 1 saturated heterocycles. The van der Waals surface area contributed by atoms with Crippen LogP contribution in [-0.2, 0) is 0 Å². The topological polar surface area (TPSA) is 63.7 Å². The first-order valence-corrected chi connectivity index (χ1v) is 8.65. The lowest BCUT2D eigenvalue weighted by Gasteiger charge is -2.16. The molecule has 6 nitrogen and oxygen atoms in total. The van der Waals surface area contributed by atoms with Crippen LogP contribution in [0.4, 0.5) is 11.5 Å². The summed E-state index contributed by atoms with van der Waals surface area (Å²) in [5, 5.41) is 2.86. The second kappa shape index (κ2) is 8.38. The van der Waals surface area contributed by atoms with E-state index < -0.39 is 0 Å². The van der Waals surface area contributed by atoms with Crippen LogP contribution in [0.2, 0.25) is 0 Å². The summed E-state index contributed by atoms with van der Waals surface area (Å²) in [5.74, 6) is 1.79. The molecule has 2 aromatic rings. The average molecular weight is 353 g/mol. The second-order valence-electron chi connectivity index (χ2n) is 6.02. The number of nitrogens with one attached hydrogen (secondary N) is 1. The molecule has 1 amide bonds. The SMILES string of the molecule is C=CCOc1ccc(C(=O)Nc2ccc(N3CCCC3)nc2)cc1OC. The standard InChI is InChI=1S/C20H23N3O3/c1-3-12-26-17-8-6-15(13-18(17)25-2)20(24)22-16-7-9-19(21-14-16)23-10-4-5-11-23/h3,6-9,13-14H,1,4-5,10-12H2,2H3,(H,22,24). The van der Waals surface area contributed by atoms with E-state index in [-0.39, 0.29) is 5.91 Å². The number of ether oxygens (including phenoxy) is 2. The van der Waals surface area contributed by atoms with Crippen LogP contribution < -0.4 is 19.7 Å². The third-order valence-corrected chi connectivity index (χ3v) is 4.22. The van der Waals surface area contributed by atoms with Gasteiger partial charge in [-0.2, -0.15) is 0 Å². The molecule has 1 aliphatic rings. The van der Waals surface area contributed by atoms with Crippen LogP contribution in [0.3, 0.4) is 0 Å². The minimum absolute atomic E-state index is 0.228. The van der Waals surface area contributed by atoms with E-state index in [1.807, 2.05) is 12.1 Å². The number of anilines is 2. The van der Waals surface area contributed by atoms with Crippen LogP contribution in [0.1, 0.15) is 23.2 Å². The van der Waals surface area contributed by atoms with Crippen molar-refractivity contribution in [3.63, 3.8) is 0 Å². The number of carbonyl (C=O) groups excluding carboxylic acids is 1. The molecule has 136 valence electrons. The van der Waals surface area contributed by atoms with Gasteiger partial charge in [0.2, 0.25) is 0 Å². The van der Waals surface area contributed by atoms with E-state index in [0.29, 0.717) is 29.4 Å². The smallest absolute Gasteiger partial charge is 0.255 e. The van der Waals surface area contributed by atoms with Crippen molar-refractivity contribution in [1.29, 1.82) is 0 Å². The average Bonchev–Trinajstić information content (AvgIpc) is 3.21. The Morgan fingerprint density at radius 2 is 2.08 bits per heavy atom. The second-order valence-corrected chi connectivity index (χ2v) is 6.02. The normalized spacial score (nSPS) is 13.3. The molecular weight excluding hydrogens is 330 g/mol. The molecule has 0 radical (unpaired) electrons. The number of amides is 1. The van der Waals surface area contributed by atoms with Crippen molar-refractivity contribution < 1.29 is 14.3 Å². The van der Waals surface area contributed by atoms with Gasteiger partial charge in [-0.3, -0.25) is 4.79 Å². The number of hydrogen-bond acceptors (Lipinski definition) is 5. The highest BCUT2D eigenvalue weighted by Gasteiger charge is 2.14. The van der Waals surface area contributed by atoms with Crippen molar-refractivity contribution in [2.45, 2.75) is 12.8 Å². The van der Waals surface area contributed by atoms with Gasteiger partial charge in [0.1, 0.15) is 12.4 Å². The summed E-state index contributed by atoms with van der Waals surface area (Å²) >= 11 is 0. The number of pyridine rings is 1. The Morgan fingerprint density at radius 3 is 2.73 bits per heavy atom. The fourth-order valence-electron chi connectivity index (χ4n) is 2.87. The summed E-state index contributed by atoms with van der Waals surface area (Å²) in [5.41, 5.74) is 1.14. The van der Waals surface area contributed by atoms with E-state index in [1.54, 1.807) is 37.6 Å². The van der Waals surface area contributed by atoms with E-state index in [9.17, 15) is 4.79 Å². The molecule has 26 heavy (non-hydrogen) atoms. The third kappa shape index (κ3) is 4.14. The number of aromatic nitrogens is 1. The molecule has 1 N–H and O–H groups in total. The van der Waals surface area contributed by atoms with E-state index >= 15 is 0 Å². The van der Waals surface area contributed by atoms with Gasteiger partial charge in [-0.05, 0) is 43.2 Å². The summed E-state index contributed by atoms with van der Waals surface area (Å²) in [6.45, 7) is 6.07. The highest BCUT2D eigenvalue weighted by Crippen LogP contribution is 2.28. The summed E-state index contributed by atoms with van der Waals surface area (Å²) in [6, 6.07) is 8.87. The minimum Gasteiger partial charge on any atom is -0.493 e. The van der Waals surface area contributed by atoms with Crippen LogP contribution in [-0.4, -0.2) is 37.7 Å². The van der Waals surface area contributed by atoms with Gasteiger partial charge in [0.05, 0.1) is 19.0 Å². The molecule has 1 fully saturated rings. The van der Waals surface area contributed by atoms with E-state index in [4.69, 9.17) is 9.47 Å². The predicted molar refractivity (Wildman–Crippen MR) is 102 cm³/mol. The summed E-state index contributed by atoms with van der Waals surface area (Å²) < 4.78 is 10.8. The van der Waals surface area contributed by atoms with Crippen molar-refractivity contribution >= 4 is 17.4 Å². The quantitative estimate of drug-likeness (QED) is 0.772. The van der Waals surface area contributed by atoms with Gasteiger partial charge in [0, 0.05) is 18.7 Å². The van der Waals surface area contributed by atoms with Gasteiger partial charge < -0.3 is 19.7 Å². The summed E-state index contributed by atoms with van der Waals surface area (Å²) in [4.78, 5) is 19.2. The maximum Gasteiger partial charge on any atom is 0.255 e. The van der Waals surface area contributed by atoms with Crippen LogP contribution in [0.25, 0.3) is 0 Å². The van der Waals surface area contributed by atoms with Crippen molar-refractivity contribution in [3.8, 4) is 11.5 Å². The van der Waals surface area contributed by atoms with Crippen molar-refractivity contribution in [2.75, 3.05) is 37.0 Å². The largest absolute Gasteiger partial charge is 0.493 e. The Morgan fingerprint density at radius 1 is 1.27 bits per heavy atom. The molecule has 0 atom stereocenters. The fraction of sp³-hybridized carbons (Fsp3) is 0.300. The number of rotatable bonds is 7. The Labute approximate surface area is 153 Å². The lowest BCUT2D eigenvalue weighted by atomic mass is 10.2. The number of carbonyl (C=O) groups is 1. The molecule has 0 saturated carbocycles. The minimum atomic E-state index is -0.228. The van der Waals surface area contributed by atoms with Crippen LogP contribution >= 0.6 is 0 Å². The molecule has 2 heterocycles. The Hall–Kier alpha value is -3.02. The molecule has 3 rings (SSSR count). The molecule has 0 aliphatic carbocycles.